The van der Waals surface area contributed by atoms with Gasteiger partial charge in [0.15, 0.2) is 0 Å². The van der Waals surface area contributed by atoms with Gasteiger partial charge in [-0.1, -0.05) is 0 Å². The molecule has 0 amide bonds. The van der Waals surface area contributed by atoms with Crippen molar-refractivity contribution in [3.63, 3.8) is 0 Å². The van der Waals surface area contributed by atoms with E-state index in [0.717, 1.165) is 0 Å². The largest absolute Gasteiger partial charge is 0.307 e. The summed E-state index contributed by atoms with van der Waals surface area (Å²) in [5, 5.41) is 0. The van der Waals surface area contributed by atoms with Gasteiger partial charge in [0.25, 0.3) is 0 Å². The van der Waals surface area contributed by atoms with Crippen molar-refractivity contribution in [3.8, 4) is 0 Å². The quantitative estimate of drug-likeness (QED) is 0.507. The molecule has 0 aromatic heterocycles. The Kier molecular flexibility index (Phi) is 2660. The first-order chi connectivity index (χ1) is 9.00. The second-order valence-corrected chi connectivity index (χ2v) is 0. The first-order valence-electron chi connectivity index (χ1n) is 2.60. The Morgan fingerprint density at radius 1 is 0.211 bits per heavy atom. The summed E-state index contributed by atoms with van der Waals surface area (Å²) in [6.45, 7) is 18.0. The zero-order valence-electron chi connectivity index (χ0n) is 10.4. The van der Waals surface area contributed by atoms with Crippen molar-refractivity contribution < 1.29 is 59.9 Å². The smallest absolute Gasteiger partial charge is 0.106 e. The minimum Gasteiger partial charge on any atom is -0.307 e. The summed E-state index contributed by atoms with van der Waals surface area (Å²) in [5.41, 5.74) is 0. The fourth-order valence-electron chi connectivity index (χ4n) is 0. The first-order valence-corrected chi connectivity index (χ1v) is 2.60. The third kappa shape index (κ3) is 469. The third-order valence-corrected chi connectivity index (χ3v) is 0. The van der Waals surface area contributed by atoms with Gasteiger partial charge in [-0.05, 0) is 0 Å². The fraction of sp³-hybridized carbons (Fsp3) is 0. The monoisotopic (exact) mass is 329 g/mol. The van der Waals surface area contributed by atoms with E-state index in [1.54, 1.807) is 0 Å². The molecular weight excluding hydrogens is 311 g/mol. The standard InChI is InChI=1S/9CH2O.Co/c9*1-2;/h9*1H2;. The van der Waals surface area contributed by atoms with Crippen LogP contribution >= 0.6 is 0 Å². The molecule has 9 nitrogen and oxygen atoms in total. The molecular formula is C9H18CoO9. The van der Waals surface area contributed by atoms with E-state index in [1.807, 2.05) is 61.1 Å². The van der Waals surface area contributed by atoms with Crippen LogP contribution in [0.1, 0.15) is 0 Å². The van der Waals surface area contributed by atoms with E-state index < -0.39 is 0 Å². The summed E-state index contributed by atoms with van der Waals surface area (Å²) >= 11 is 0. The van der Waals surface area contributed by atoms with Crippen LogP contribution in [0.4, 0.5) is 0 Å². The van der Waals surface area contributed by atoms with Crippen molar-refractivity contribution in [1.82, 2.24) is 0 Å². The predicted molar refractivity (Wildman–Crippen MR) is 64.1 cm³/mol. The topological polar surface area (TPSA) is 154 Å². The molecule has 0 aliphatic rings. The molecule has 10 heteroatoms. The predicted octanol–water partition coefficient (Wildman–Crippen LogP) is -1.67. The van der Waals surface area contributed by atoms with Crippen molar-refractivity contribution in [2.45, 2.75) is 0 Å². The van der Waals surface area contributed by atoms with E-state index in [2.05, 4.69) is 0 Å². The maximum absolute atomic E-state index is 8.00. The van der Waals surface area contributed by atoms with Gasteiger partial charge in [0.2, 0.25) is 0 Å². The molecule has 0 N–H and O–H groups in total. The summed E-state index contributed by atoms with van der Waals surface area (Å²) < 4.78 is 0. The number of carbonyl (C=O) groups excluding carboxylic acids is 9. The molecule has 0 aromatic rings. The Morgan fingerprint density at radius 2 is 0.211 bits per heavy atom. The number of rotatable bonds is 0. The van der Waals surface area contributed by atoms with Crippen LogP contribution in [0.3, 0.4) is 0 Å². The van der Waals surface area contributed by atoms with Crippen molar-refractivity contribution in [1.29, 1.82) is 0 Å². The molecule has 0 aliphatic heterocycles. The third-order valence-electron chi connectivity index (χ3n) is 0. The fourth-order valence-corrected chi connectivity index (χ4v) is 0. The molecule has 0 saturated carbocycles. The maximum atomic E-state index is 8.00. The van der Waals surface area contributed by atoms with Crippen LogP contribution in [-0.2, 0) is 59.9 Å². The van der Waals surface area contributed by atoms with Crippen LogP contribution in [0.2, 0.25) is 0 Å². The van der Waals surface area contributed by atoms with Gasteiger partial charge in [-0.15, -0.1) is 0 Å². The van der Waals surface area contributed by atoms with E-state index in [4.69, 9.17) is 43.2 Å². The van der Waals surface area contributed by atoms with Crippen LogP contribution in [0.25, 0.3) is 0 Å². The molecule has 0 atom stereocenters. The van der Waals surface area contributed by atoms with Gasteiger partial charge in [-0.3, -0.25) is 0 Å². The Balaban J connectivity index is -0.00000000596. The summed E-state index contributed by atoms with van der Waals surface area (Å²) in [6, 6.07) is 0. The van der Waals surface area contributed by atoms with Gasteiger partial charge in [0.05, 0.1) is 0 Å². The number of hydrogen-bond donors (Lipinski definition) is 0. The van der Waals surface area contributed by atoms with Crippen LogP contribution in [0.15, 0.2) is 0 Å². The van der Waals surface area contributed by atoms with Crippen molar-refractivity contribution in [2.75, 3.05) is 0 Å². The van der Waals surface area contributed by atoms with Gasteiger partial charge in [-0.2, -0.15) is 0 Å². The van der Waals surface area contributed by atoms with Crippen LogP contribution in [-0.4, -0.2) is 61.1 Å². The summed E-state index contributed by atoms with van der Waals surface area (Å²) in [5.74, 6) is 0. The van der Waals surface area contributed by atoms with Gasteiger partial charge in [-0.25, -0.2) is 0 Å². The van der Waals surface area contributed by atoms with Crippen molar-refractivity contribution in [2.24, 2.45) is 0 Å². The molecule has 117 valence electrons. The zero-order valence-corrected chi connectivity index (χ0v) is 11.4. The first kappa shape index (κ1) is 93.4. The molecule has 0 aliphatic carbocycles. The van der Waals surface area contributed by atoms with Gasteiger partial charge in [0, 0.05) is 16.8 Å². The summed E-state index contributed by atoms with van der Waals surface area (Å²) in [7, 11) is 0. The number of hydrogen-bond acceptors (Lipinski definition) is 9. The van der Waals surface area contributed by atoms with E-state index in [0.29, 0.717) is 0 Å². The SMILES string of the molecule is C=O.C=O.C=O.C=O.C=O.C=O.C=O.C=O.C=O.[Co]. The zero-order chi connectivity index (χ0) is 18.0. The van der Waals surface area contributed by atoms with Gasteiger partial charge < -0.3 is 43.2 Å². The maximum Gasteiger partial charge on any atom is 0.106 e. The molecule has 0 bridgehead atoms. The second-order valence-electron chi connectivity index (χ2n) is 0. The van der Waals surface area contributed by atoms with Crippen molar-refractivity contribution >= 4 is 61.1 Å². The van der Waals surface area contributed by atoms with Crippen LogP contribution in [0.5, 0.6) is 0 Å². The Morgan fingerprint density at radius 3 is 0.211 bits per heavy atom. The van der Waals surface area contributed by atoms with Crippen LogP contribution in [0, 0.1) is 0 Å². The van der Waals surface area contributed by atoms with E-state index in [1.165, 1.54) is 0 Å². The molecule has 0 heterocycles. The number of carbonyl (C=O) groups is 9. The Bertz CT molecular complexity index is 52.2. The molecule has 1 radical (unpaired) electrons. The van der Waals surface area contributed by atoms with Crippen molar-refractivity contribution in [3.05, 3.63) is 0 Å². The Hall–Kier alpha value is -2.46. The van der Waals surface area contributed by atoms with Gasteiger partial charge in [0.1, 0.15) is 61.1 Å². The van der Waals surface area contributed by atoms with E-state index in [-0.39, 0.29) is 16.8 Å². The molecule has 0 aromatic carbocycles. The normalized spacial score (nSPS) is 1.89. The molecule has 19 heavy (non-hydrogen) atoms. The minimum atomic E-state index is 0. The molecule has 0 saturated heterocycles. The minimum absolute atomic E-state index is 0. The van der Waals surface area contributed by atoms with Gasteiger partial charge >= 0.3 is 0 Å². The molecule has 0 fully saturated rings. The average molecular weight is 329 g/mol. The summed E-state index contributed by atoms with van der Waals surface area (Å²) in [6.07, 6.45) is 0. The average Bonchev–Trinajstić information content (AvgIpc) is 2.63. The molecule has 0 spiro atoms. The van der Waals surface area contributed by atoms with E-state index in [9.17, 15) is 0 Å². The Labute approximate surface area is 121 Å². The van der Waals surface area contributed by atoms with Crippen LogP contribution < -0.4 is 0 Å². The molecule has 0 unspecified atom stereocenters. The molecule has 0 rings (SSSR count). The second kappa shape index (κ2) is 541. The van der Waals surface area contributed by atoms with E-state index >= 15 is 0 Å². The summed E-state index contributed by atoms with van der Waals surface area (Å²) in [4.78, 5) is 72.0.